The molecule has 2 atom stereocenters. The van der Waals surface area contributed by atoms with Crippen LogP contribution < -0.4 is 9.86 Å². The van der Waals surface area contributed by atoms with Crippen LogP contribution in [0.1, 0.15) is 19.1 Å². The summed E-state index contributed by atoms with van der Waals surface area (Å²) in [6.07, 6.45) is 3.84. The Morgan fingerprint density at radius 2 is 2.24 bits per heavy atom. The summed E-state index contributed by atoms with van der Waals surface area (Å²) in [7, 11) is -3.71. The van der Waals surface area contributed by atoms with Crippen LogP contribution in [0.15, 0.2) is 12.7 Å². The van der Waals surface area contributed by atoms with Gasteiger partial charge in [0.25, 0.3) is 10.2 Å². The summed E-state index contributed by atoms with van der Waals surface area (Å²) in [6, 6.07) is 0. The lowest BCUT2D eigenvalue weighted by Crippen LogP contribution is -2.36. The van der Waals surface area contributed by atoms with E-state index in [1.807, 2.05) is 0 Å². The van der Waals surface area contributed by atoms with Gasteiger partial charge in [-0.1, -0.05) is 11.6 Å². The summed E-state index contributed by atoms with van der Waals surface area (Å²) < 4.78 is 31.5. The molecule has 0 bridgehead atoms. The number of nitrogens with two attached hydrogens (primary N) is 1. The smallest absolute Gasteiger partial charge is 0.274 e. The molecule has 2 aromatic heterocycles. The maximum absolute atomic E-state index is 10.9. The highest BCUT2D eigenvalue weighted by Crippen LogP contribution is 2.30. The minimum Gasteiger partial charge on any atom is -0.353 e. The van der Waals surface area contributed by atoms with Gasteiger partial charge in [-0.3, -0.25) is 4.57 Å². The van der Waals surface area contributed by atoms with Gasteiger partial charge in [-0.2, -0.15) is 13.1 Å². The van der Waals surface area contributed by atoms with Gasteiger partial charge in [0.05, 0.1) is 12.4 Å². The van der Waals surface area contributed by atoms with Crippen molar-refractivity contribution in [2.75, 3.05) is 6.54 Å². The topological polar surface area (TPSA) is 125 Å². The molecule has 0 spiro atoms. The molecule has 3 N–H and O–H groups in total. The molecule has 1 saturated heterocycles. The molecule has 114 valence electrons. The molecule has 3 rings (SSSR count). The third kappa shape index (κ3) is 3.14. The van der Waals surface area contributed by atoms with E-state index >= 15 is 0 Å². The summed E-state index contributed by atoms with van der Waals surface area (Å²) in [6.45, 7) is 0.137. The first-order valence-electron chi connectivity index (χ1n) is 6.20. The standard InChI is InChI=1S/C10H13ClN6O3S/c11-9-8-10(14-4-13-9)17(5-15-8)7-2-1-6(20-7)3-16-21(12,18)19/h4-7,16H,1-3H2,(H2,12,18,19). The first kappa shape index (κ1) is 14.6. The van der Waals surface area contributed by atoms with Crippen molar-refractivity contribution in [3.05, 3.63) is 17.8 Å². The molecule has 1 fully saturated rings. The summed E-state index contributed by atoms with van der Waals surface area (Å²) in [5.74, 6) is 0. The highest BCUT2D eigenvalue weighted by Gasteiger charge is 2.28. The van der Waals surface area contributed by atoms with Gasteiger partial charge in [-0.05, 0) is 12.8 Å². The number of imidazole rings is 1. The van der Waals surface area contributed by atoms with Crippen LogP contribution in [0.4, 0.5) is 0 Å². The van der Waals surface area contributed by atoms with E-state index in [1.165, 1.54) is 6.33 Å². The van der Waals surface area contributed by atoms with Gasteiger partial charge in [-0.15, -0.1) is 0 Å². The lowest BCUT2D eigenvalue weighted by atomic mass is 10.2. The Morgan fingerprint density at radius 3 is 3.00 bits per heavy atom. The molecular weight excluding hydrogens is 320 g/mol. The molecule has 11 heteroatoms. The summed E-state index contributed by atoms with van der Waals surface area (Å²) >= 11 is 5.95. The lowest BCUT2D eigenvalue weighted by molar-refractivity contribution is 0.00711. The van der Waals surface area contributed by atoms with Gasteiger partial charge < -0.3 is 4.74 Å². The van der Waals surface area contributed by atoms with Gasteiger partial charge in [0.15, 0.2) is 10.8 Å². The fourth-order valence-corrected chi connectivity index (χ4v) is 2.88. The fraction of sp³-hybridized carbons (Fsp3) is 0.500. The number of hydrogen-bond donors (Lipinski definition) is 2. The molecule has 0 saturated carbocycles. The van der Waals surface area contributed by atoms with Crippen LogP contribution in [0, 0.1) is 0 Å². The number of halogens is 1. The van der Waals surface area contributed by atoms with Crippen molar-refractivity contribution in [1.82, 2.24) is 24.2 Å². The zero-order valence-corrected chi connectivity index (χ0v) is 12.4. The average Bonchev–Trinajstić information content (AvgIpc) is 3.02. The second-order valence-corrected chi connectivity index (χ2v) is 6.41. The number of nitrogens with one attached hydrogen (secondary N) is 1. The van der Waals surface area contributed by atoms with Crippen LogP contribution in [0.3, 0.4) is 0 Å². The first-order chi connectivity index (χ1) is 9.94. The molecule has 1 aliphatic heterocycles. The van der Waals surface area contributed by atoms with E-state index in [1.54, 1.807) is 10.9 Å². The van der Waals surface area contributed by atoms with Gasteiger partial charge in [0.2, 0.25) is 0 Å². The average molecular weight is 333 g/mol. The van der Waals surface area contributed by atoms with Crippen LogP contribution in [-0.4, -0.2) is 40.6 Å². The van der Waals surface area contributed by atoms with E-state index in [2.05, 4.69) is 19.7 Å². The SMILES string of the molecule is NS(=O)(=O)NCC1CCC(n2cnc3c(Cl)ncnc32)O1. The van der Waals surface area contributed by atoms with Crippen molar-refractivity contribution in [3.63, 3.8) is 0 Å². The third-order valence-corrected chi connectivity index (χ3v) is 4.07. The Bertz CT molecular complexity index is 763. The highest BCUT2D eigenvalue weighted by molar-refractivity contribution is 7.87. The van der Waals surface area contributed by atoms with Crippen molar-refractivity contribution in [2.45, 2.75) is 25.2 Å². The van der Waals surface area contributed by atoms with Gasteiger partial charge in [-0.25, -0.2) is 20.1 Å². The molecule has 2 aromatic rings. The van der Waals surface area contributed by atoms with E-state index in [4.69, 9.17) is 21.5 Å². The Balaban J connectivity index is 1.75. The lowest BCUT2D eigenvalue weighted by Gasteiger charge is -2.15. The zero-order valence-electron chi connectivity index (χ0n) is 10.8. The molecule has 2 unspecified atom stereocenters. The van der Waals surface area contributed by atoms with Crippen molar-refractivity contribution in [1.29, 1.82) is 0 Å². The number of aromatic nitrogens is 4. The maximum atomic E-state index is 10.9. The number of fused-ring (bicyclic) bond motifs is 1. The number of ether oxygens (including phenoxy) is 1. The summed E-state index contributed by atoms with van der Waals surface area (Å²) in [5, 5.41) is 5.17. The molecule has 0 amide bonds. The van der Waals surface area contributed by atoms with E-state index in [0.29, 0.717) is 24.0 Å². The molecule has 0 radical (unpaired) electrons. The van der Waals surface area contributed by atoms with Crippen LogP contribution in [0.5, 0.6) is 0 Å². The summed E-state index contributed by atoms with van der Waals surface area (Å²) in [4.78, 5) is 12.2. The van der Waals surface area contributed by atoms with E-state index in [0.717, 1.165) is 0 Å². The highest BCUT2D eigenvalue weighted by atomic mass is 35.5. The predicted octanol–water partition coefficient (Wildman–Crippen LogP) is -0.0496. The van der Waals surface area contributed by atoms with Crippen LogP contribution in [0.2, 0.25) is 5.15 Å². The molecule has 0 aliphatic carbocycles. The van der Waals surface area contributed by atoms with Gasteiger partial charge >= 0.3 is 0 Å². The van der Waals surface area contributed by atoms with Crippen molar-refractivity contribution < 1.29 is 13.2 Å². The third-order valence-electron chi connectivity index (χ3n) is 3.22. The molecule has 0 aromatic carbocycles. The normalized spacial score (nSPS) is 23.0. The molecule has 1 aliphatic rings. The maximum Gasteiger partial charge on any atom is 0.274 e. The Kier molecular flexibility index (Phi) is 3.80. The van der Waals surface area contributed by atoms with E-state index in [9.17, 15) is 8.42 Å². The summed E-state index contributed by atoms with van der Waals surface area (Å²) in [5.41, 5.74) is 1.09. The number of nitrogens with zero attached hydrogens (tertiary/aromatic N) is 4. The largest absolute Gasteiger partial charge is 0.353 e. The van der Waals surface area contributed by atoms with Crippen LogP contribution in [0.25, 0.3) is 11.2 Å². The predicted molar refractivity (Wildman–Crippen MR) is 74.6 cm³/mol. The number of hydrogen-bond acceptors (Lipinski definition) is 6. The Labute approximate surface area is 125 Å². The van der Waals surface area contributed by atoms with Crippen LogP contribution >= 0.6 is 11.6 Å². The fourth-order valence-electron chi connectivity index (χ4n) is 2.28. The Hall–Kier alpha value is -1.33. The zero-order chi connectivity index (χ0) is 15.0. The minimum absolute atomic E-state index is 0.137. The number of rotatable bonds is 4. The van der Waals surface area contributed by atoms with E-state index < -0.39 is 10.2 Å². The molecular formula is C10H13ClN6O3S. The second kappa shape index (κ2) is 5.46. The van der Waals surface area contributed by atoms with Crippen molar-refractivity contribution >= 4 is 33.0 Å². The van der Waals surface area contributed by atoms with Gasteiger partial charge in [0, 0.05) is 6.54 Å². The molecule has 9 nitrogen and oxygen atoms in total. The van der Waals surface area contributed by atoms with Gasteiger partial charge in [0.1, 0.15) is 18.1 Å². The van der Waals surface area contributed by atoms with Crippen molar-refractivity contribution in [2.24, 2.45) is 5.14 Å². The van der Waals surface area contributed by atoms with E-state index in [-0.39, 0.29) is 24.0 Å². The quantitative estimate of drug-likeness (QED) is 0.756. The molecule has 21 heavy (non-hydrogen) atoms. The van der Waals surface area contributed by atoms with Crippen molar-refractivity contribution in [3.8, 4) is 0 Å². The first-order valence-corrected chi connectivity index (χ1v) is 8.12. The Morgan fingerprint density at radius 1 is 1.43 bits per heavy atom. The monoisotopic (exact) mass is 332 g/mol. The molecule has 3 heterocycles. The van der Waals surface area contributed by atoms with Crippen LogP contribution in [-0.2, 0) is 14.9 Å². The minimum atomic E-state index is -3.71. The second-order valence-electron chi connectivity index (χ2n) is 4.67.